The van der Waals surface area contributed by atoms with Crippen molar-refractivity contribution in [1.82, 2.24) is 0 Å². The first-order valence-electron chi connectivity index (χ1n) is 9.25. The topological polar surface area (TPSA) is 57.1 Å². The average Bonchev–Trinajstić information content (AvgIpc) is 3.14. The van der Waals surface area contributed by atoms with Crippen molar-refractivity contribution >= 4 is 29.5 Å². The minimum atomic E-state index is -0.500. The summed E-state index contributed by atoms with van der Waals surface area (Å²) in [5, 5.41) is 0.685. The molecule has 3 aromatic carbocycles. The van der Waals surface area contributed by atoms with Gasteiger partial charge < -0.3 is 14.2 Å². The van der Waals surface area contributed by atoms with Crippen molar-refractivity contribution in [3.8, 4) is 11.5 Å². The molecular weight excluding hydrogens is 402 g/mol. The molecule has 0 saturated carbocycles. The molecule has 0 saturated heterocycles. The Bertz CT molecular complexity index is 1140. The summed E-state index contributed by atoms with van der Waals surface area (Å²) in [4.78, 5) is 16.6. The maximum atomic E-state index is 12.3. The van der Waals surface area contributed by atoms with Gasteiger partial charge in [-0.05, 0) is 59.7 Å². The molecule has 0 N–H and O–H groups in total. The molecule has 1 heterocycles. The lowest BCUT2D eigenvalue weighted by Gasteiger charge is -2.07. The van der Waals surface area contributed by atoms with Crippen molar-refractivity contribution < 1.29 is 19.0 Å². The smallest absolute Gasteiger partial charge is 0.363 e. The van der Waals surface area contributed by atoms with Crippen LogP contribution in [0.4, 0.5) is 0 Å². The van der Waals surface area contributed by atoms with Gasteiger partial charge in [-0.3, -0.25) is 0 Å². The predicted molar refractivity (Wildman–Crippen MR) is 116 cm³/mol. The van der Waals surface area contributed by atoms with Gasteiger partial charge in [-0.2, -0.15) is 0 Å². The minimum Gasteiger partial charge on any atom is -0.497 e. The second-order valence-corrected chi connectivity index (χ2v) is 6.99. The third-order valence-corrected chi connectivity index (χ3v) is 4.67. The van der Waals surface area contributed by atoms with E-state index in [-0.39, 0.29) is 11.6 Å². The minimum absolute atomic E-state index is 0.225. The fourth-order valence-corrected chi connectivity index (χ4v) is 3.01. The number of hydrogen-bond acceptors (Lipinski definition) is 5. The summed E-state index contributed by atoms with van der Waals surface area (Å²) in [6, 6.07) is 22.1. The van der Waals surface area contributed by atoms with Gasteiger partial charge in [-0.25, -0.2) is 9.79 Å². The van der Waals surface area contributed by atoms with Crippen LogP contribution in [0.25, 0.3) is 6.08 Å². The summed E-state index contributed by atoms with van der Waals surface area (Å²) in [5.41, 5.74) is 2.69. The molecule has 1 aliphatic rings. The molecule has 0 fully saturated rings. The van der Waals surface area contributed by atoms with Crippen LogP contribution in [-0.4, -0.2) is 19.0 Å². The van der Waals surface area contributed by atoms with Crippen LogP contribution < -0.4 is 9.47 Å². The van der Waals surface area contributed by atoms with Gasteiger partial charge in [-0.1, -0.05) is 41.9 Å². The van der Waals surface area contributed by atoms with Gasteiger partial charge in [0, 0.05) is 10.6 Å². The number of nitrogens with zero attached hydrogens (tertiary/aromatic N) is 1. The number of esters is 1. The number of methoxy groups -OCH3 is 1. The Labute approximate surface area is 179 Å². The van der Waals surface area contributed by atoms with E-state index < -0.39 is 5.97 Å². The van der Waals surface area contributed by atoms with Crippen LogP contribution in [0, 0.1) is 0 Å². The summed E-state index contributed by atoms with van der Waals surface area (Å²) in [5.74, 6) is 1.09. The first-order chi connectivity index (χ1) is 14.6. The van der Waals surface area contributed by atoms with Crippen LogP contribution in [0.5, 0.6) is 11.5 Å². The summed E-state index contributed by atoms with van der Waals surface area (Å²) < 4.78 is 16.4. The molecule has 0 spiro atoms. The molecule has 0 unspecified atom stereocenters. The van der Waals surface area contributed by atoms with E-state index in [1.165, 1.54) is 0 Å². The van der Waals surface area contributed by atoms with Crippen LogP contribution in [0.1, 0.15) is 16.7 Å². The van der Waals surface area contributed by atoms with E-state index in [4.69, 9.17) is 25.8 Å². The Balaban J connectivity index is 1.51. The largest absolute Gasteiger partial charge is 0.497 e. The molecule has 150 valence electrons. The Kier molecular flexibility index (Phi) is 5.82. The summed E-state index contributed by atoms with van der Waals surface area (Å²) in [6.45, 7) is 0.414. The van der Waals surface area contributed by atoms with E-state index in [1.807, 2.05) is 66.7 Å². The molecule has 0 bridgehead atoms. The highest BCUT2D eigenvalue weighted by Gasteiger charge is 2.24. The lowest BCUT2D eigenvalue weighted by atomic mass is 10.2. The van der Waals surface area contributed by atoms with Crippen molar-refractivity contribution in [2.75, 3.05) is 7.11 Å². The van der Waals surface area contributed by atoms with Crippen LogP contribution in [-0.2, 0) is 16.1 Å². The van der Waals surface area contributed by atoms with Crippen LogP contribution in [0.3, 0.4) is 0 Å². The molecule has 1 aliphatic heterocycles. The Morgan fingerprint density at radius 1 is 1.00 bits per heavy atom. The number of halogens is 1. The fraction of sp³-hybridized carbons (Fsp3) is 0.0833. The molecule has 0 atom stereocenters. The van der Waals surface area contributed by atoms with E-state index in [0.29, 0.717) is 28.7 Å². The molecule has 0 aromatic heterocycles. The predicted octanol–water partition coefficient (Wildman–Crippen LogP) is 5.27. The molecule has 0 radical (unpaired) electrons. The number of rotatable bonds is 6. The van der Waals surface area contributed by atoms with Gasteiger partial charge in [0.15, 0.2) is 5.70 Å². The van der Waals surface area contributed by atoms with Crippen molar-refractivity contribution in [2.24, 2.45) is 4.99 Å². The first-order valence-corrected chi connectivity index (χ1v) is 9.63. The molecule has 6 heteroatoms. The van der Waals surface area contributed by atoms with Gasteiger partial charge in [0.1, 0.15) is 18.1 Å². The highest BCUT2D eigenvalue weighted by molar-refractivity contribution is 6.30. The number of cyclic esters (lactones) is 1. The van der Waals surface area contributed by atoms with Gasteiger partial charge in [0.25, 0.3) is 0 Å². The Morgan fingerprint density at radius 2 is 1.77 bits per heavy atom. The van der Waals surface area contributed by atoms with Gasteiger partial charge in [0.2, 0.25) is 5.90 Å². The molecule has 0 amide bonds. The first kappa shape index (κ1) is 19.7. The molecule has 0 aliphatic carbocycles. The number of ether oxygens (including phenoxy) is 3. The molecule has 5 nitrogen and oxygen atoms in total. The third-order valence-electron chi connectivity index (χ3n) is 4.42. The van der Waals surface area contributed by atoms with Crippen molar-refractivity contribution in [3.63, 3.8) is 0 Å². The van der Waals surface area contributed by atoms with Gasteiger partial charge >= 0.3 is 5.97 Å². The van der Waals surface area contributed by atoms with Crippen LogP contribution >= 0.6 is 11.6 Å². The third kappa shape index (κ3) is 4.70. The highest BCUT2D eigenvalue weighted by Crippen LogP contribution is 2.23. The second kappa shape index (κ2) is 8.84. The van der Waals surface area contributed by atoms with E-state index in [2.05, 4.69) is 4.99 Å². The lowest BCUT2D eigenvalue weighted by molar-refractivity contribution is -0.129. The monoisotopic (exact) mass is 419 g/mol. The van der Waals surface area contributed by atoms with E-state index in [1.54, 1.807) is 19.3 Å². The molecule has 30 heavy (non-hydrogen) atoms. The standard InChI is InChI=1S/C24H18ClNO4/c1-28-20-6-3-5-18(14-20)23-26-22(24(27)30-23)13-17-4-2-7-21(12-17)29-15-16-8-10-19(25)11-9-16/h2-14H,15H2,1H3. The van der Waals surface area contributed by atoms with E-state index in [0.717, 1.165) is 11.1 Å². The number of carbonyl (C=O) groups excluding carboxylic acids is 1. The van der Waals surface area contributed by atoms with E-state index in [9.17, 15) is 4.79 Å². The van der Waals surface area contributed by atoms with Crippen LogP contribution in [0.15, 0.2) is 83.5 Å². The quantitative estimate of drug-likeness (QED) is 0.403. The zero-order valence-corrected chi connectivity index (χ0v) is 16.9. The zero-order valence-electron chi connectivity index (χ0n) is 16.2. The fourth-order valence-electron chi connectivity index (χ4n) is 2.89. The van der Waals surface area contributed by atoms with Gasteiger partial charge in [0.05, 0.1) is 7.11 Å². The number of hydrogen-bond donors (Lipinski definition) is 0. The molecule has 3 aromatic rings. The Hall–Kier alpha value is -3.57. The highest BCUT2D eigenvalue weighted by atomic mass is 35.5. The van der Waals surface area contributed by atoms with Crippen LogP contribution in [0.2, 0.25) is 5.02 Å². The normalized spacial score (nSPS) is 14.4. The number of aliphatic imine (C=N–C) groups is 1. The number of carbonyl (C=O) groups is 1. The van der Waals surface area contributed by atoms with Crippen molar-refractivity contribution in [1.29, 1.82) is 0 Å². The zero-order chi connectivity index (χ0) is 20.9. The van der Waals surface area contributed by atoms with Crippen molar-refractivity contribution in [2.45, 2.75) is 6.61 Å². The SMILES string of the molecule is COc1cccc(C2=NC(=Cc3cccc(OCc4ccc(Cl)cc4)c3)C(=O)O2)c1. The maximum absolute atomic E-state index is 12.3. The number of benzene rings is 3. The summed E-state index contributed by atoms with van der Waals surface area (Å²) in [7, 11) is 1.58. The maximum Gasteiger partial charge on any atom is 0.363 e. The summed E-state index contributed by atoms with van der Waals surface area (Å²) in [6.07, 6.45) is 1.67. The molecular formula is C24H18ClNO4. The average molecular weight is 420 g/mol. The van der Waals surface area contributed by atoms with Gasteiger partial charge in [-0.15, -0.1) is 0 Å². The van der Waals surface area contributed by atoms with E-state index >= 15 is 0 Å². The van der Waals surface area contributed by atoms with Crippen molar-refractivity contribution in [3.05, 3.63) is 100 Å². The second-order valence-electron chi connectivity index (χ2n) is 6.56. The lowest BCUT2D eigenvalue weighted by Crippen LogP contribution is -2.05. The molecule has 4 rings (SSSR count). The summed E-state index contributed by atoms with van der Waals surface area (Å²) >= 11 is 5.91. The Morgan fingerprint density at radius 3 is 2.57 bits per heavy atom.